The molecule has 0 saturated carbocycles. The predicted molar refractivity (Wildman–Crippen MR) is 83.6 cm³/mol. The molecular formula is C15H23ClN2O3. The molecule has 0 aliphatic rings. The highest BCUT2D eigenvalue weighted by Crippen LogP contribution is 2.22. The lowest BCUT2D eigenvalue weighted by Gasteiger charge is -2.17. The highest BCUT2D eigenvalue weighted by atomic mass is 35.5. The van der Waals surface area contributed by atoms with Crippen molar-refractivity contribution in [2.24, 2.45) is 0 Å². The highest BCUT2D eigenvalue weighted by molar-refractivity contribution is 6.30. The normalized spacial score (nSPS) is 12.3. The van der Waals surface area contributed by atoms with E-state index in [2.05, 4.69) is 5.32 Å². The van der Waals surface area contributed by atoms with Gasteiger partial charge in [-0.05, 0) is 38.6 Å². The number of nitrogens with zero attached hydrogens (tertiary/aromatic N) is 1. The number of carbonyl (C=O) groups is 1. The number of ether oxygens (including phenoxy) is 1. The zero-order valence-electron chi connectivity index (χ0n) is 12.7. The van der Waals surface area contributed by atoms with Crippen molar-refractivity contribution in [3.05, 3.63) is 28.8 Å². The molecule has 0 aliphatic heterocycles. The summed E-state index contributed by atoms with van der Waals surface area (Å²) in [5, 5.41) is 12.7. The van der Waals surface area contributed by atoms with Crippen LogP contribution < -0.4 is 10.1 Å². The molecule has 21 heavy (non-hydrogen) atoms. The van der Waals surface area contributed by atoms with E-state index in [-0.39, 0.29) is 18.6 Å². The Labute approximate surface area is 130 Å². The van der Waals surface area contributed by atoms with Gasteiger partial charge in [0.15, 0.2) is 0 Å². The molecule has 0 radical (unpaired) electrons. The van der Waals surface area contributed by atoms with Crippen molar-refractivity contribution in [3.8, 4) is 5.75 Å². The predicted octanol–water partition coefficient (Wildman–Crippen LogP) is 1.67. The lowest BCUT2D eigenvalue weighted by Crippen LogP contribution is -2.36. The Kier molecular flexibility index (Phi) is 7.50. The van der Waals surface area contributed by atoms with Gasteiger partial charge in [0.05, 0.1) is 19.8 Å². The summed E-state index contributed by atoms with van der Waals surface area (Å²) >= 11 is 5.94. The summed E-state index contributed by atoms with van der Waals surface area (Å²) in [4.78, 5) is 13.7. The van der Waals surface area contributed by atoms with Crippen molar-refractivity contribution in [1.29, 1.82) is 0 Å². The fraction of sp³-hybridized carbons (Fsp3) is 0.533. The van der Waals surface area contributed by atoms with Crippen LogP contribution in [-0.4, -0.2) is 49.3 Å². The average Bonchev–Trinajstić information content (AvgIpc) is 2.43. The van der Waals surface area contributed by atoms with Gasteiger partial charge in [-0.15, -0.1) is 0 Å². The number of nitrogens with one attached hydrogen (secondary N) is 1. The summed E-state index contributed by atoms with van der Waals surface area (Å²) < 4.78 is 5.23. The summed E-state index contributed by atoms with van der Waals surface area (Å²) in [6.07, 6.45) is 0.289. The number of halogens is 1. The average molecular weight is 315 g/mol. The van der Waals surface area contributed by atoms with Crippen molar-refractivity contribution >= 4 is 17.5 Å². The summed E-state index contributed by atoms with van der Waals surface area (Å²) in [5.41, 5.74) is 0.838. The third kappa shape index (κ3) is 6.80. The molecule has 0 heterocycles. The van der Waals surface area contributed by atoms with Gasteiger partial charge in [-0.1, -0.05) is 11.6 Å². The number of likely N-dealkylation sites (N-methyl/N-ethyl adjacent to an activating group) is 1. The summed E-state index contributed by atoms with van der Waals surface area (Å²) in [5.74, 6) is 0.618. The number of benzene rings is 1. The van der Waals surface area contributed by atoms with E-state index < -0.39 is 0 Å². The first-order chi connectivity index (χ1) is 9.92. The Morgan fingerprint density at radius 3 is 2.86 bits per heavy atom. The lowest BCUT2D eigenvalue weighted by atomic mass is 10.2. The zero-order valence-corrected chi connectivity index (χ0v) is 13.5. The molecule has 5 nitrogen and oxygen atoms in total. The third-order valence-corrected chi connectivity index (χ3v) is 3.30. The van der Waals surface area contributed by atoms with Gasteiger partial charge in [0.2, 0.25) is 5.91 Å². The zero-order chi connectivity index (χ0) is 15.8. The van der Waals surface area contributed by atoms with E-state index in [1.54, 1.807) is 32.2 Å². The number of rotatable bonds is 8. The van der Waals surface area contributed by atoms with E-state index in [9.17, 15) is 9.90 Å². The van der Waals surface area contributed by atoms with Crippen LogP contribution in [0.15, 0.2) is 18.2 Å². The van der Waals surface area contributed by atoms with E-state index >= 15 is 0 Å². The van der Waals surface area contributed by atoms with E-state index in [0.717, 1.165) is 5.56 Å². The van der Waals surface area contributed by atoms with Crippen LogP contribution in [0.4, 0.5) is 0 Å². The van der Waals surface area contributed by atoms with E-state index in [4.69, 9.17) is 16.3 Å². The Bertz CT molecular complexity index is 466. The van der Waals surface area contributed by atoms with E-state index in [1.165, 1.54) is 0 Å². The Morgan fingerprint density at radius 1 is 1.52 bits per heavy atom. The van der Waals surface area contributed by atoms with Gasteiger partial charge in [0.25, 0.3) is 0 Å². The minimum atomic E-state index is -0.355. The van der Waals surface area contributed by atoms with Gasteiger partial charge in [0, 0.05) is 23.7 Å². The van der Waals surface area contributed by atoms with Crippen LogP contribution in [0.3, 0.4) is 0 Å². The third-order valence-electron chi connectivity index (χ3n) is 3.06. The van der Waals surface area contributed by atoms with Crippen LogP contribution in [0, 0.1) is 0 Å². The number of aliphatic hydroxyl groups excluding tert-OH is 1. The standard InChI is InChI=1S/C15H23ClN2O3/c1-11(19)6-7-18(2)10-15(20)17-9-12-8-13(16)4-5-14(12)21-3/h4-5,8,11,19H,6-7,9-10H2,1-3H3,(H,17,20). The molecule has 0 aromatic heterocycles. The number of methoxy groups -OCH3 is 1. The highest BCUT2D eigenvalue weighted by Gasteiger charge is 2.09. The molecule has 118 valence electrons. The number of amides is 1. The SMILES string of the molecule is COc1ccc(Cl)cc1CNC(=O)CN(C)CCC(C)O. The Balaban J connectivity index is 2.44. The minimum absolute atomic E-state index is 0.0786. The fourth-order valence-electron chi connectivity index (χ4n) is 1.87. The largest absolute Gasteiger partial charge is 0.496 e. The van der Waals surface area contributed by atoms with E-state index in [1.807, 2.05) is 11.9 Å². The van der Waals surface area contributed by atoms with Gasteiger partial charge in [-0.2, -0.15) is 0 Å². The van der Waals surface area contributed by atoms with Crippen LogP contribution >= 0.6 is 11.6 Å². The van der Waals surface area contributed by atoms with Crippen molar-refractivity contribution in [1.82, 2.24) is 10.2 Å². The molecule has 1 amide bonds. The van der Waals surface area contributed by atoms with Crippen molar-refractivity contribution in [2.75, 3.05) is 27.2 Å². The summed E-state index contributed by atoms with van der Waals surface area (Å²) in [7, 11) is 3.43. The van der Waals surface area contributed by atoms with Gasteiger partial charge in [0.1, 0.15) is 5.75 Å². The van der Waals surface area contributed by atoms with Crippen LogP contribution in [0.1, 0.15) is 18.9 Å². The van der Waals surface area contributed by atoms with Crippen molar-refractivity contribution < 1.29 is 14.6 Å². The second-order valence-electron chi connectivity index (χ2n) is 5.11. The number of aliphatic hydroxyl groups is 1. The smallest absolute Gasteiger partial charge is 0.234 e. The monoisotopic (exact) mass is 314 g/mol. The van der Waals surface area contributed by atoms with Crippen LogP contribution in [0.2, 0.25) is 5.02 Å². The van der Waals surface area contributed by atoms with Gasteiger partial charge in [-0.25, -0.2) is 0 Å². The molecule has 2 N–H and O–H groups in total. The first kappa shape index (κ1) is 17.8. The molecule has 1 rings (SSSR count). The molecule has 6 heteroatoms. The number of hydrogen-bond donors (Lipinski definition) is 2. The minimum Gasteiger partial charge on any atom is -0.496 e. The number of hydrogen-bond acceptors (Lipinski definition) is 4. The maximum Gasteiger partial charge on any atom is 0.234 e. The lowest BCUT2D eigenvalue weighted by molar-refractivity contribution is -0.122. The summed E-state index contributed by atoms with van der Waals surface area (Å²) in [6, 6.07) is 5.30. The second-order valence-corrected chi connectivity index (χ2v) is 5.54. The summed E-state index contributed by atoms with van der Waals surface area (Å²) in [6.45, 7) is 3.06. The molecule has 0 bridgehead atoms. The van der Waals surface area contributed by atoms with E-state index in [0.29, 0.717) is 30.3 Å². The Hall–Kier alpha value is -1.30. The topological polar surface area (TPSA) is 61.8 Å². The molecule has 0 spiro atoms. The van der Waals surface area contributed by atoms with Gasteiger partial charge >= 0.3 is 0 Å². The molecule has 1 aromatic rings. The second kappa shape index (κ2) is 8.87. The Morgan fingerprint density at radius 2 is 2.24 bits per heavy atom. The molecule has 1 atom stereocenters. The molecular weight excluding hydrogens is 292 g/mol. The van der Waals surface area contributed by atoms with Gasteiger partial charge in [-0.3, -0.25) is 9.69 Å². The molecule has 0 fully saturated rings. The van der Waals surface area contributed by atoms with Crippen LogP contribution in [-0.2, 0) is 11.3 Å². The van der Waals surface area contributed by atoms with Gasteiger partial charge < -0.3 is 15.2 Å². The molecule has 0 saturated heterocycles. The van der Waals surface area contributed by atoms with Crippen molar-refractivity contribution in [3.63, 3.8) is 0 Å². The first-order valence-electron chi connectivity index (χ1n) is 6.88. The quantitative estimate of drug-likeness (QED) is 0.766. The molecule has 0 aliphatic carbocycles. The van der Waals surface area contributed by atoms with Crippen LogP contribution in [0.5, 0.6) is 5.75 Å². The van der Waals surface area contributed by atoms with Crippen molar-refractivity contribution in [2.45, 2.75) is 26.0 Å². The number of carbonyl (C=O) groups excluding carboxylic acids is 1. The van der Waals surface area contributed by atoms with Crippen LogP contribution in [0.25, 0.3) is 0 Å². The maximum absolute atomic E-state index is 11.9. The first-order valence-corrected chi connectivity index (χ1v) is 7.26. The fourth-order valence-corrected chi connectivity index (χ4v) is 2.06. The maximum atomic E-state index is 11.9. The molecule has 1 aromatic carbocycles. The molecule has 1 unspecified atom stereocenters.